The topological polar surface area (TPSA) is 61.5 Å². The molecule has 19 heavy (non-hydrogen) atoms. The Balaban J connectivity index is 1.92. The van der Waals surface area contributed by atoms with E-state index in [-0.39, 0.29) is 11.8 Å². The van der Waals surface area contributed by atoms with Gasteiger partial charge in [-0.3, -0.25) is 4.79 Å². The number of nitrogens with two attached hydrogens (primary N) is 1. The second-order valence-corrected chi connectivity index (χ2v) is 5.60. The van der Waals surface area contributed by atoms with Crippen molar-refractivity contribution in [3.63, 3.8) is 0 Å². The van der Waals surface area contributed by atoms with Gasteiger partial charge in [-0.15, -0.1) is 0 Å². The number of hydrogen-bond acceptors (Lipinski definition) is 4. The second kappa shape index (κ2) is 4.53. The first-order valence-electron chi connectivity index (χ1n) is 6.81. The number of carbonyl (C=O) groups is 1. The summed E-state index contributed by atoms with van der Waals surface area (Å²) in [5.41, 5.74) is 6.34. The Morgan fingerprint density at radius 1 is 1.32 bits per heavy atom. The third-order valence-electron chi connectivity index (χ3n) is 4.35. The van der Waals surface area contributed by atoms with Crippen LogP contribution in [0.3, 0.4) is 0 Å². The van der Waals surface area contributed by atoms with Gasteiger partial charge in [0.15, 0.2) is 17.3 Å². The fourth-order valence-corrected chi connectivity index (χ4v) is 2.99. The normalized spacial score (nSPS) is 29.3. The third-order valence-corrected chi connectivity index (χ3v) is 4.35. The number of ketones is 1. The van der Waals surface area contributed by atoms with Crippen LogP contribution in [0.5, 0.6) is 11.5 Å². The van der Waals surface area contributed by atoms with Crippen LogP contribution >= 0.6 is 0 Å². The van der Waals surface area contributed by atoms with Gasteiger partial charge in [-0.25, -0.2) is 0 Å². The van der Waals surface area contributed by atoms with E-state index in [9.17, 15) is 4.79 Å². The number of rotatable bonds is 2. The molecule has 102 valence electrons. The molecule has 2 N–H and O–H groups in total. The molecule has 2 atom stereocenters. The molecule has 0 aromatic heterocycles. The quantitative estimate of drug-likeness (QED) is 0.829. The second-order valence-electron chi connectivity index (χ2n) is 5.60. The van der Waals surface area contributed by atoms with Crippen molar-refractivity contribution in [1.82, 2.24) is 0 Å². The van der Waals surface area contributed by atoms with Crippen LogP contribution in [0.15, 0.2) is 18.2 Å². The van der Waals surface area contributed by atoms with Crippen molar-refractivity contribution < 1.29 is 14.3 Å². The Morgan fingerprint density at radius 2 is 2.05 bits per heavy atom. The highest BCUT2D eigenvalue weighted by Gasteiger charge is 2.43. The standard InChI is InChI=1S/C15H19NO3/c1-15(6-2-3-13(15)16)14(17)10-4-5-11-12(9-10)19-8-7-18-11/h4-5,9,13H,2-3,6-8,16H2,1H3. The number of benzene rings is 1. The van der Waals surface area contributed by atoms with E-state index in [2.05, 4.69) is 0 Å². The van der Waals surface area contributed by atoms with E-state index in [1.807, 2.05) is 19.1 Å². The first-order chi connectivity index (χ1) is 9.11. The Morgan fingerprint density at radius 3 is 2.74 bits per heavy atom. The summed E-state index contributed by atoms with van der Waals surface area (Å²) in [6.07, 6.45) is 2.81. The van der Waals surface area contributed by atoms with Crippen LogP contribution in [0, 0.1) is 5.41 Å². The zero-order valence-corrected chi connectivity index (χ0v) is 11.1. The van der Waals surface area contributed by atoms with Crippen molar-refractivity contribution in [3.05, 3.63) is 23.8 Å². The number of fused-ring (bicyclic) bond motifs is 1. The van der Waals surface area contributed by atoms with Crippen LogP contribution in [0.1, 0.15) is 36.5 Å². The van der Waals surface area contributed by atoms with Gasteiger partial charge in [0.2, 0.25) is 0 Å². The van der Waals surface area contributed by atoms with Gasteiger partial charge in [0, 0.05) is 17.0 Å². The van der Waals surface area contributed by atoms with Crippen molar-refractivity contribution in [2.24, 2.45) is 11.1 Å². The highest BCUT2D eigenvalue weighted by molar-refractivity contribution is 6.01. The molecule has 1 aromatic carbocycles. The van der Waals surface area contributed by atoms with Gasteiger partial charge in [-0.05, 0) is 31.0 Å². The molecule has 0 amide bonds. The van der Waals surface area contributed by atoms with Gasteiger partial charge in [-0.2, -0.15) is 0 Å². The summed E-state index contributed by atoms with van der Waals surface area (Å²) in [7, 11) is 0. The SMILES string of the molecule is CC1(C(=O)c2ccc3c(c2)OCCO3)CCCC1N. The Kier molecular flexibility index (Phi) is 2.97. The maximum absolute atomic E-state index is 12.7. The van der Waals surface area contributed by atoms with Crippen LogP contribution in [-0.4, -0.2) is 25.0 Å². The van der Waals surface area contributed by atoms with Crippen molar-refractivity contribution >= 4 is 5.78 Å². The summed E-state index contributed by atoms with van der Waals surface area (Å²) in [6.45, 7) is 3.06. The van der Waals surface area contributed by atoms with Crippen molar-refractivity contribution in [3.8, 4) is 11.5 Å². The fourth-order valence-electron chi connectivity index (χ4n) is 2.99. The van der Waals surface area contributed by atoms with E-state index in [1.165, 1.54) is 0 Å². The molecule has 1 aromatic rings. The fraction of sp³-hybridized carbons (Fsp3) is 0.533. The van der Waals surface area contributed by atoms with Gasteiger partial charge < -0.3 is 15.2 Å². The van der Waals surface area contributed by atoms with E-state index < -0.39 is 5.41 Å². The highest BCUT2D eigenvalue weighted by atomic mass is 16.6. The number of hydrogen-bond donors (Lipinski definition) is 1. The lowest BCUT2D eigenvalue weighted by molar-refractivity contribution is 0.0801. The molecule has 1 heterocycles. The van der Waals surface area contributed by atoms with E-state index in [0.29, 0.717) is 30.3 Å². The van der Waals surface area contributed by atoms with E-state index in [0.717, 1.165) is 19.3 Å². The Hall–Kier alpha value is -1.55. The van der Waals surface area contributed by atoms with Crippen molar-refractivity contribution in [1.29, 1.82) is 0 Å². The minimum Gasteiger partial charge on any atom is -0.486 e. The van der Waals surface area contributed by atoms with Gasteiger partial charge in [0.25, 0.3) is 0 Å². The highest BCUT2D eigenvalue weighted by Crippen LogP contribution is 2.41. The predicted molar refractivity (Wildman–Crippen MR) is 71.7 cm³/mol. The van der Waals surface area contributed by atoms with Crippen molar-refractivity contribution in [2.45, 2.75) is 32.2 Å². The lowest BCUT2D eigenvalue weighted by Crippen LogP contribution is -2.41. The molecule has 1 fully saturated rings. The smallest absolute Gasteiger partial charge is 0.170 e. The Labute approximate surface area is 112 Å². The average Bonchev–Trinajstić information content (AvgIpc) is 2.78. The van der Waals surface area contributed by atoms with Crippen LogP contribution in [0.4, 0.5) is 0 Å². The summed E-state index contributed by atoms with van der Waals surface area (Å²) in [5, 5.41) is 0. The van der Waals surface area contributed by atoms with Gasteiger partial charge in [0.05, 0.1) is 0 Å². The molecule has 2 unspecified atom stereocenters. The molecule has 2 aliphatic rings. The average molecular weight is 261 g/mol. The molecule has 4 heteroatoms. The first-order valence-corrected chi connectivity index (χ1v) is 6.81. The van der Waals surface area contributed by atoms with E-state index in [1.54, 1.807) is 6.07 Å². The van der Waals surface area contributed by atoms with E-state index >= 15 is 0 Å². The van der Waals surface area contributed by atoms with Crippen LogP contribution in [-0.2, 0) is 0 Å². The monoisotopic (exact) mass is 261 g/mol. The van der Waals surface area contributed by atoms with Crippen LogP contribution in [0.2, 0.25) is 0 Å². The molecule has 1 aliphatic carbocycles. The van der Waals surface area contributed by atoms with E-state index in [4.69, 9.17) is 15.2 Å². The van der Waals surface area contributed by atoms with Crippen molar-refractivity contribution in [2.75, 3.05) is 13.2 Å². The number of ether oxygens (including phenoxy) is 2. The van der Waals surface area contributed by atoms with Crippen LogP contribution in [0.25, 0.3) is 0 Å². The Bertz CT molecular complexity index is 514. The lowest BCUT2D eigenvalue weighted by atomic mass is 9.78. The summed E-state index contributed by atoms with van der Waals surface area (Å²) in [6, 6.07) is 5.36. The van der Waals surface area contributed by atoms with Gasteiger partial charge in [0.1, 0.15) is 13.2 Å². The lowest BCUT2D eigenvalue weighted by Gasteiger charge is -2.28. The zero-order chi connectivity index (χ0) is 13.5. The van der Waals surface area contributed by atoms with Gasteiger partial charge >= 0.3 is 0 Å². The molecule has 0 bridgehead atoms. The molecule has 1 aliphatic heterocycles. The van der Waals surface area contributed by atoms with Gasteiger partial charge in [-0.1, -0.05) is 13.3 Å². The molecule has 4 nitrogen and oxygen atoms in total. The third kappa shape index (κ3) is 2.00. The zero-order valence-electron chi connectivity index (χ0n) is 11.1. The molecule has 0 saturated heterocycles. The minimum absolute atomic E-state index is 0.0480. The molecule has 3 rings (SSSR count). The summed E-state index contributed by atoms with van der Waals surface area (Å²) in [4.78, 5) is 12.7. The van der Waals surface area contributed by atoms with Crippen LogP contribution < -0.4 is 15.2 Å². The molecule has 0 spiro atoms. The first kappa shape index (κ1) is 12.5. The maximum atomic E-state index is 12.7. The minimum atomic E-state index is -0.441. The number of Topliss-reactive ketones (excluding diaryl/α,β-unsaturated/α-hetero) is 1. The molecular formula is C15H19NO3. The number of carbonyl (C=O) groups excluding carboxylic acids is 1. The molecular weight excluding hydrogens is 242 g/mol. The molecule has 1 saturated carbocycles. The summed E-state index contributed by atoms with van der Waals surface area (Å²) in [5.74, 6) is 1.49. The maximum Gasteiger partial charge on any atom is 0.170 e. The largest absolute Gasteiger partial charge is 0.486 e. The molecule has 0 radical (unpaired) electrons. The summed E-state index contributed by atoms with van der Waals surface area (Å²) >= 11 is 0. The summed E-state index contributed by atoms with van der Waals surface area (Å²) < 4.78 is 11.0. The predicted octanol–water partition coefficient (Wildman–Crippen LogP) is 2.16.